The van der Waals surface area contributed by atoms with Gasteiger partial charge in [0.15, 0.2) is 16.6 Å². The Hall–Kier alpha value is -3.84. The number of benzene rings is 2. The van der Waals surface area contributed by atoms with Crippen molar-refractivity contribution in [2.45, 2.75) is 32.5 Å². The quantitative estimate of drug-likeness (QED) is 0.382. The Bertz CT molecular complexity index is 1390. The van der Waals surface area contributed by atoms with Crippen LogP contribution in [0.4, 0.5) is 5.69 Å². The summed E-state index contributed by atoms with van der Waals surface area (Å²) in [6.45, 7) is 5.42. The smallest absolute Gasteiger partial charge is 0.231 e. The number of hydrogen-bond donors (Lipinski definition) is 1. The summed E-state index contributed by atoms with van der Waals surface area (Å²) < 4.78 is 13.6. The largest absolute Gasteiger partial charge is 0.454 e. The van der Waals surface area contributed by atoms with Crippen LogP contribution in [-0.2, 0) is 6.54 Å². The van der Waals surface area contributed by atoms with Crippen LogP contribution in [-0.4, -0.2) is 21.5 Å². The highest BCUT2D eigenvalue weighted by atomic mass is 32.1. The lowest BCUT2D eigenvalue weighted by atomic mass is 9.96. The van der Waals surface area contributed by atoms with E-state index in [-0.39, 0.29) is 18.9 Å². The Kier molecular flexibility index (Phi) is 5.41. The van der Waals surface area contributed by atoms with Crippen molar-refractivity contribution >= 4 is 23.0 Å². The molecule has 2 aliphatic rings. The van der Waals surface area contributed by atoms with Crippen molar-refractivity contribution in [1.82, 2.24) is 14.9 Å². The zero-order chi connectivity index (χ0) is 23.9. The van der Waals surface area contributed by atoms with Crippen molar-refractivity contribution in [3.8, 4) is 11.5 Å². The first kappa shape index (κ1) is 21.7. The number of nitrogens with one attached hydrogen (secondary N) is 1. The third-order valence-corrected chi connectivity index (χ3v) is 7.16. The molecule has 0 amide bonds. The maximum absolute atomic E-state index is 5.90. The molecule has 2 aliphatic heterocycles. The van der Waals surface area contributed by atoms with E-state index < -0.39 is 0 Å². The molecule has 0 unspecified atom stereocenters. The van der Waals surface area contributed by atoms with Crippen LogP contribution < -0.4 is 19.7 Å². The lowest BCUT2D eigenvalue weighted by molar-refractivity contribution is 0.174. The van der Waals surface area contributed by atoms with Gasteiger partial charge in [-0.1, -0.05) is 36.4 Å². The number of rotatable bonds is 5. The molecule has 0 aliphatic carbocycles. The van der Waals surface area contributed by atoms with Crippen LogP contribution in [0.3, 0.4) is 0 Å². The fourth-order valence-electron chi connectivity index (χ4n) is 5.12. The van der Waals surface area contributed by atoms with Gasteiger partial charge in [-0.3, -0.25) is 4.98 Å². The van der Waals surface area contributed by atoms with E-state index in [9.17, 15) is 0 Å². The fraction of sp³-hybridized carbons (Fsp3) is 0.214. The third-order valence-electron chi connectivity index (χ3n) is 6.85. The molecule has 35 heavy (non-hydrogen) atoms. The lowest BCUT2D eigenvalue weighted by Crippen LogP contribution is -2.29. The van der Waals surface area contributed by atoms with Gasteiger partial charge in [0.1, 0.15) is 0 Å². The fourth-order valence-corrected chi connectivity index (χ4v) is 5.47. The Balaban J connectivity index is 1.46. The summed E-state index contributed by atoms with van der Waals surface area (Å²) >= 11 is 5.90. The van der Waals surface area contributed by atoms with Crippen LogP contribution in [0.1, 0.15) is 40.3 Å². The summed E-state index contributed by atoms with van der Waals surface area (Å²) in [5, 5.41) is 4.22. The average Bonchev–Trinajstić information content (AvgIpc) is 3.56. The third kappa shape index (κ3) is 3.82. The first-order chi connectivity index (χ1) is 17.1. The molecular weight excluding hydrogens is 456 g/mol. The Morgan fingerprint density at radius 2 is 1.77 bits per heavy atom. The molecule has 0 radical (unpaired) electrons. The summed E-state index contributed by atoms with van der Waals surface area (Å²) in [7, 11) is 0. The van der Waals surface area contributed by atoms with E-state index in [2.05, 4.69) is 76.1 Å². The van der Waals surface area contributed by atoms with Crippen molar-refractivity contribution in [2.75, 3.05) is 11.7 Å². The summed E-state index contributed by atoms with van der Waals surface area (Å²) in [6.07, 6.45) is 1.83. The zero-order valence-corrected chi connectivity index (χ0v) is 20.5. The number of ether oxygens (including phenoxy) is 2. The van der Waals surface area contributed by atoms with Crippen molar-refractivity contribution in [3.05, 3.63) is 107 Å². The minimum atomic E-state index is -0.0974. The van der Waals surface area contributed by atoms with Crippen molar-refractivity contribution in [2.24, 2.45) is 0 Å². The van der Waals surface area contributed by atoms with Gasteiger partial charge >= 0.3 is 0 Å². The molecule has 6 rings (SSSR count). The van der Waals surface area contributed by atoms with Gasteiger partial charge in [-0.25, -0.2) is 0 Å². The maximum Gasteiger partial charge on any atom is 0.231 e. The summed E-state index contributed by atoms with van der Waals surface area (Å²) in [4.78, 5) is 6.87. The normalized spacial score (nSPS) is 18.7. The molecule has 6 nitrogen and oxygen atoms in total. The van der Waals surface area contributed by atoms with Crippen molar-refractivity contribution in [1.29, 1.82) is 0 Å². The average molecular weight is 483 g/mol. The molecule has 1 saturated heterocycles. The van der Waals surface area contributed by atoms with Gasteiger partial charge in [0, 0.05) is 35.9 Å². The molecule has 176 valence electrons. The molecule has 0 spiro atoms. The zero-order valence-electron chi connectivity index (χ0n) is 19.6. The van der Waals surface area contributed by atoms with Gasteiger partial charge in [0.05, 0.1) is 17.8 Å². The first-order valence-corrected chi connectivity index (χ1v) is 12.1. The SMILES string of the molecule is Cc1cc([C@@H]2[C@H](c3ccccn3)NC(=S)N2c2ccc3c(c2)OCO3)c(C)n1Cc1ccccc1. The minimum Gasteiger partial charge on any atom is -0.454 e. The second-order valence-corrected chi connectivity index (χ2v) is 9.32. The molecular formula is C28H26N4O2S. The second kappa shape index (κ2) is 8.74. The van der Waals surface area contributed by atoms with Gasteiger partial charge in [0.25, 0.3) is 0 Å². The molecule has 1 N–H and O–H groups in total. The van der Waals surface area contributed by atoms with E-state index in [1.807, 2.05) is 36.5 Å². The number of nitrogens with zero attached hydrogens (tertiary/aromatic N) is 3. The topological polar surface area (TPSA) is 51.6 Å². The molecule has 0 bridgehead atoms. The van der Waals surface area contributed by atoms with E-state index in [1.54, 1.807) is 0 Å². The molecule has 0 saturated carbocycles. The van der Waals surface area contributed by atoms with Gasteiger partial charge in [-0.05, 0) is 67.5 Å². The molecule has 2 aromatic carbocycles. The number of aryl methyl sites for hydroxylation is 1. The predicted molar refractivity (Wildman–Crippen MR) is 140 cm³/mol. The number of hydrogen-bond acceptors (Lipinski definition) is 4. The van der Waals surface area contributed by atoms with E-state index >= 15 is 0 Å². The minimum absolute atomic E-state index is 0.0755. The monoisotopic (exact) mass is 482 g/mol. The Morgan fingerprint density at radius 3 is 2.57 bits per heavy atom. The summed E-state index contributed by atoms with van der Waals surface area (Å²) in [5.41, 5.74) is 6.84. The molecule has 2 atom stereocenters. The summed E-state index contributed by atoms with van der Waals surface area (Å²) in [6, 6.07) is 24.7. The van der Waals surface area contributed by atoms with Crippen LogP contribution in [0.5, 0.6) is 11.5 Å². The second-order valence-electron chi connectivity index (χ2n) is 8.93. The Labute approximate surface area is 210 Å². The van der Waals surface area contributed by atoms with Gasteiger partial charge < -0.3 is 24.3 Å². The number of thiocarbonyl (C=S) groups is 1. The molecule has 4 aromatic rings. The highest BCUT2D eigenvalue weighted by Gasteiger charge is 2.42. The van der Waals surface area contributed by atoms with Crippen LogP contribution in [0.15, 0.2) is 79.0 Å². The highest BCUT2D eigenvalue weighted by Crippen LogP contribution is 2.45. The highest BCUT2D eigenvalue weighted by molar-refractivity contribution is 7.80. The Morgan fingerprint density at radius 1 is 0.971 bits per heavy atom. The van der Waals surface area contributed by atoms with E-state index in [1.165, 1.54) is 22.5 Å². The van der Waals surface area contributed by atoms with Crippen molar-refractivity contribution in [3.63, 3.8) is 0 Å². The standard InChI is InChI=1S/C28H26N4O2S/c1-18-14-22(19(2)31(18)16-20-8-4-3-5-9-20)27-26(23-10-6-7-13-29-23)30-28(35)32(27)21-11-12-24-25(15-21)34-17-33-24/h3-15,26-27H,16-17H2,1-2H3,(H,30,35)/t26-,27+/m0/s1. The number of fused-ring (bicyclic) bond motifs is 1. The van der Waals surface area contributed by atoms with Crippen molar-refractivity contribution < 1.29 is 9.47 Å². The van der Waals surface area contributed by atoms with Gasteiger partial charge in [-0.15, -0.1) is 0 Å². The number of pyridine rings is 1. The van der Waals surface area contributed by atoms with Crippen LogP contribution in [0, 0.1) is 13.8 Å². The maximum atomic E-state index is 5.90. The predicted octanol–water partition coefficient (Wildman–Crippen LogP) is 5.45. The first-order valence-electron chi connectivity index (χ1n) is 11.7. The lowest BCUT2D eigenvalue weighted by Gasteiger charge is -2.28. The summed E-state index contributed by atoms with van der Waals surface area (Å²) in [5.74, 6) is 1.49. The van der Waals surface area contributed by atoms with E-state index in [4.69, 9.17) is 21.7 Å². The van der Waals surface area contributed by atoms with E-state index in [0.29, 0.717) is 5.11 Å². The number of anilines is 1. The molecule has 4 heterocycles. The van der Waals surface area contributed by atoms with Gasteiger partial charge in [-0.2, -0.15) is 0 Å². The van der Waals surface area contributed by atoms with Crippen LogP contribution in [0.25, 0.3) is 0 Å². The van der Waals surface area contributed by atoms with Crippen LogP contribution in [0.2, 0.25) is 0 Å². The molecule has 2 aromatic heterocycles. The number of aromatic nitrogens is 2. The van der Waals surface area contributed by atoms with E-state index in [0.717, 1.165) is 29.4 Å². The van der Waals surface area contributed by atoms with Crippen LogP contribution >= 0.6 is 12.2 Å². The molecule has 7 heteroatoms. The molecule has 1 fully saturated rings. The van der Waals surface area contributed by atoms with Gasteiger partial charge in [0.2, 0.25) is 6.79 Å².